The molecule has 1 aliphatic rings. The number of halogens is 1. The quantitative estimate of drug-likeness (QED) is 0.721. The van der Waals surface area contributed by atoms with E-state index in [-0.39, 0.29) is 29.3 Å². The lowest BCUT2D eigenvalue weighted by molar-refractivity contribution is -0.130. The highest BCUT2D eigenvalue weighted by molar-refractivity contribution is 8.00. The first-order valence-electron chi connectivity index (χ1n) is 8.11. The second-order valence-electron chi connectivity index (χ2n) is 6.26. The molecule has 0 bridgehead atoms. The summed E-state index contributed by atoms with van der Waals surface area (Å²) in [6, 6.07) is 5.57. The van der Waals surface area contributed by atoms with Crippen molar-refractivity contribution in [3.05, 3.63) is 36.3 Å². The molecule has 1 saturated heterocycles. The first kappa shape index (κ1) is 18.9. The van der Waals surface area contributed by atoms with Gasteiger partial charge in [0, 0.05) is 18.7 Å². The third-order valence-electron chi connectivity index (χ3n) is 4.34. The Hall–Kier alpha value is -1.87. The van der Waals surface area contributed by atoms with Crippen molar-refractivity contribution in [1.29, 1.82) is 0 Å². The molecule has 2 unspecified atom stereocenters. The van der Waals surface area contributed by atoms with E-state index in [4.69, 9.17) is 4.42 Å². The lowest BCUT2D eigenvalue weighted by Crippen LogP contribution is -2.41. The van der Waals surface area contributed by atoms with Crippen LogP contribution in [0.2, 0.25) is 0 Å². The van der Waals surface area contributed by atoms with Crippen molar-refractivity contribution in [2.75, 3.05) is 18.6 Å². The summed E-state index contributed by atoms with van der Waals surface area (Å²) < 4.78 is 41.8. The largest absolute Gasteiger partial charge is 0.431 e. The van der Waals surface area contributed by atoms with E-state index in [0.717, 1.165) is 11.8 Å². The van der Waals surface area contributed by atoms with Crippen LogP contribution in [0.25, 0.3) is 11.3 Å². The van der Waals surface area contributed by atoms with Gasteiger partial charge in [-0.2, -0.15) is 0 Å². The summed E-state index contributed by atoms with van der Waals surface area (Å²) >= 11 is 1.16. The molecule has 9 heteroatoms. The number of hydrogen-bond acceptors (Lipinski definition) is 6. The maximum absolute atomic E-state index is 13.0. The minimum Gasteiger partial charge on any atom is -0.431 e. The van der Waals surface area contributed by atoms with Gasteiger partial charge < -0.3 is 9.32 Å². The number of benzene rings is 1. The number of hydrogen-bond donors (Lipinski definition) is 0. The van der Waals surface area contributed by atoms with Crippen LogP contribution < -0.4 is 0 Å². The van der Waals surface area contributed by atoms with Gasteiger partial charge in [-0.15, -0.1) is 0 Å². The van der Waals surface area contributed by atoms with Crippen molar-refractivity contribution < 1.29 is 22.0 Å². The maximum Gasteiger partial charge on any atom is 0.256 e. The monoisotopic (exact) mass is 398 g/mol. The third kappa shape index (κ3) is 4.27. The zero-order valence-electron chi connectivity index (χ0n) is 14.4. The van der Waals surface area contributed by atoms with Crippen molar-refractivity contribution in [1.82, 2.24) is 9.88 Å². The molecule has 6 nitrogen and oxygen atoms in total. The lowest BCUT2D eigenvalue weighted by atomic mass is 10.2. The Bertz CT molecular complexity index is 896. The van der Waals surface area contributed by atoms with Gasteiger partial charge in [-0.25, -0.2) is 17.8 Å². The van der Waals surface area contributed by atoms with Crippen LogP contribution in [0.15, 0.2) is 40.1 Å². The summed E-state index contributed by atoms with van der Waals surface area (Å²) in [7, 11) is -1.42. The minimum absolute atomic E-state index is 0.0142. The van der Waals surface area contributed by atoms with E-state index in [0.29, 0.717) is 23.0 Å². The highest BCUT2D eigenvalue weighted by atomic mass is 32.2. The van der Waals surface area contributed by atoms with Crippen molar-refractivity contribution in [2.45, 2.75) is 29.9 Å². The van der Waals surface area contributed by atoms with Gasteiger partial charge in [-0.3, -0.25) is 4.79 Å². The van der Waals surface area contributed by atoms with Crippen molar-refractivity contribution >= 4 is 27.5 Å². The third-order valence-corrected chi connectivity index (χ3v) is 7.04. The van der Waals surface area contributed by atoms with Crippen LogP contribution in [0.3, 0.4) is 0 Å². The first-order valence-corrected chi connectivity index (χ1v) is 10.8. The Kier molecular flexibility index (Phi) is 5.38. The van der Waals surface area contributed by atoms with Gasteiger partial charge in [0.15, 0.2) is 15.6 Å². The summed E-state index contributed by atoms with van der Waals surface area (Å²) in [6.07, 6.45) is 2.00. The summed E-state index contributed by atoms with van der Waals surface area (Å²) in [5.41, 5.74) is 0.693. The van der Waals surface area contributed by atoms with Crippen LogP contribution in [0.4, 0.5) is 4.39 Å². The standard InChI is InChI=1S/C17H19FN2O4S2/c1-11(16(21)20(2)14-7-8-26(22,23)10-14)25-17-19-9-15(24-17)12-3-5-13(18)6-4-12/h3-6,9,11,14H,7-8,10H2,1-2H3. The van der Waals surface area contributed by atoms with Gasteiger partial charge in [0.25, 0.3) is 5.22 Å². The predicted octanol–water partition coefficient (Wildman–Crippen LogP) is 2.61. The molecule has 2 aromatic rings. The smallest absolute Gasteiger partial charge is 0.256 e. The molecule has 0 N–H and O–H groups in total. The Morgan fingerprint density at radius 3 is 2.69 bits per heavy atom. The number of thioether (sulfide) groups is 1. The van der Waals surface area contributed by atoms with E-state index in [2.05, 4.69) is 4.98 Å². The zero-order chi connectivity index (χ0) is 18.9. The fourth-order valence-corrected chi connectivity index (χ4v) is 5.40. The number of rotatable bonds is 5. The van der Waals surface area contributed by atoms with Crippen molar-refractivity contribution in [3.8, 4) is 11.3 Å². The molecule has 1 amide bonds. The summed E-state index contributed by atoms with van der Waals surface area (Å²) in [5.74, 6) is 0.123. The van der Waals surface area contributed by atoms with Crippen LogP contribution in [0, 0.1) is 5.82 Å². The number of carbonyl (C=O) groups excluding carboxylic acids is 1. The van der Waals surface area contributed by atoms with Gasteiger partial charge in [0.05, 0.1) is 23.0 Å². The molecular weight excluding hydrogens is 379 g/mol. The Balaban J connectivity index is 1.63. The van der Waals surface area contributed by atoms with E-state index in [9.17, 15) is 17.6 Å². The highest BCUT2D eigenvalue weighted by Crippen LogP contribution is 2.29. The Morgan fingerprint density at radius 1 is 1.38 bits per heavy atom. The lowest BCUT2D eigenvalue weighted by Gasteiger charge is -2.25. The van der Waals surface area contributed by atoms with Crippen LogP contribution in [-0.2, 0) is 14.6 Å². The molecule has 1 fully saturated rings. The average molecular weight is 398 g/mol. The Labute approximate surface area is 155 Å². The SMILES string of the molecule is CC(Sc1ncc(-c2ccc(F)cc2)o1)C(=O)N(C)C1CCS(=O)(=O)C1. The number of amides is 1. The molecule has 1 aromatic heterocycles. The van der Waals surface area contributed by atoms with Crippen LogP contribution in [-0.4, -0.2) is 54.1 Å². The molecule has 3 rings (SSSR count). The normalized spacial score (nSPS) is 20.0. The van der Waals surface area contributed by atoms with Crippen LogP contribution >= 0.6 is 11.8 Å². The Morgan fingerprint density at radius 2 is 2.08 bits per heavy atom. The van der Waals surface area contributed by atoms with E-state index in [1.165, 1.54) is 23.2 Å². The van der Waals surface area contributed by atoms with Gasteiger partial charge in [-0.05, 0) is 37.6 Å². The van der Waals surface area contributed by atoms with Crippen molar-refractivity contribution in [2.24, 2.45) is 0 Å². The van der Waals surface area contributed by atoms with Gasteiger partial charge in [0.2, 0.25) is 5.91 Å². The maximum atomic E-state index is 13.0. The minimum atomic E-state index is -3.05. The molecule has 1 aliphatic heterocycles. The van der Waals surface area contributed by atoms with E-state index >= 15 is 0 Å². The van der Waals surface area contributed by atoms with Gasteiger partial charge in [-0.1, -0.05) is 11.8 Å². The fraction of sp³-hybridized carbons (Fsp3) is 0.412. The molecule has 0 saturated carbocycles. The number of sulfone groups is 1. The first-order chi connectivity index (χ1) is 12.2. The molecular formula is C17H19FN2O4S2. The summed E-state index contributed by atoms with van der Waals surface area (Å²) in [5, 5.41) is -0.138. The average Bonchev–Trinajstić information content (AvgIpc) is 3.20. The van der Waals surface area contributed by atoms with E-state index < -0.39 is 15.1 Å². The van der Waals surface area contributed by atoms with E-state index in [1.807, 2.05) is 0 Å². The topological polar surface area (TPSA) is 80.5 Å². The molecule has 140 valence electrons. The molecule has 2 atom stereocenters. The molecule has 1 aromatic carbocycles. The van der Waals surface area contributed by atoms with Crippen LogP contribution in [0.5, 0.6) is 0 Å². The van der Waals surface area contributed by atoms with Crippen LogP contribution in [0.1, 0.15) is 13.3 Å². The fourth-order valence-electron chi connectivity index (χ4n) is 2.81. The number of aromatic nitrogens is 1. The highest BCUT2D eigenvalue weighted by Gasteiger charge is 2.34. The zero-order valence-corrected chi connectivity index (χ0v) is 16.0. The number of nitrogens with zero attached hydrogens (tertiary/aromatic N) is 2. The van der Waals surface area contributed by atoms with E-state index in [1.54, 1.807) is 26.1 Å². The predicted molar refractivity (Wildman–Crippen MR) is 97.0 cm³/mol. The van der Waals surface area contributed by atoms with Gasteiger partial charge in [0.1, 0.15) is 5.82 Å². The molecule has 0 aliphatic carbocycles. The van der Waals surface area contributed by atoms with Crippen molar-refractivity contribution in [3.63, 3.8) is 0 Å². The molecule has 26 heavy (non-hydrogen) atoms. The summed E-state index contributed by atoms with van der Waals surface area (Å²) in [4.78, 5) is 18.2. The second kappa shape index (κ2) is 7.40. The molecule has 0 spiro atoms. The van der Waals surface area contributed by atoms with Gasteiger partial charge >= 0.3 is 0 Å². The number of carbonyl (C=O) groups is 1. The number of oxazole rings is 1. The molecule has 2 heterocycles. The molecule has 0 radical (unpaired) electrons. The second-order valence-corrected chi connectivity index (χ2v) is 9.78. The summed E-state index contributed by atoms with van der Waals surface area (Å²) in [6.45, 7) is 1.73.